The van der Waals surface area contributed by atoms with Gasteiger partial charge in [-0.15, -0.1) is 11.3 Å². The lowest BCUT2D eigenvalue weighted by molar-refractivity contribution is -0.689. The van der Waals surface area contributed by atoms with Crippen LogP contribution in [0.5, 0.6) is 0 Å². The van der Waals surface area contributed by atoms with Gasteiger partial charge in [-0.05, 0) is 11.4 Å². The number of hydrogen-bond donors (Lipinski definition) is 1. The monoisotopic (exact) mass is 347 g/mol. The van der Waals surface area contributed by atoms with Crippen molar-refractivity contribution >= 4 is 28.5 Å². The fraction of sp³-hybridized carbons (Fsp3) is 0.312. The molecule has 0 fully saturated rings. The van der Waals surface area contributed by atoms with E-state index >= 15 is 0 Å². The van der Waals surface area contributed by atoms with E-state index < -0.39 is 0 Å². The Labute approximate surface area is 143 Å². The third-order valence-electron chi connectivity index (χ3n) is 3.67. The second-order valence-corrected chi connectivity index (χ2v) is 7.07. The van der Waals surface area contributed by atoms with Gasteiger partial charge in [0.2, 0.25) is 5.51 Å². The zero-order valence-electron chi connectivity index (χ0n) is 13.2. The number of rotatable bonds is 6. The smallest absolute Gasteiger partial charge is 0.225 e. The molecule has 0 aliphatic carbocycles. The number of methoxy groups -OCH3 is 1. The molecule has 23 heavy (non-hydrogen) atoms. The second kappa shape index (κ2) is 7.16. The van der Waals surface area contributed by atoms with Crippen LogP contribution in [0.1, 0.15) is 16.1 Å². The first-order chi connectivity index (χ1) is 11.2. The number of anilines is 1. The molecule has 2 N–H and O–H groups in total. The van der Waals surface area contributed by atoms with Crippen molar-refractivity contribution < 1.29 is 9.30 Å². The summed E-state index contributed by atoms with van der Waals surface area (Å²) in [7, 11) is 1.73. The molecule has 3 heterocycles. The Morgan fingerprint density at radius 3 is 2.91 bits per heavy atom. The SMILES string of the molecule is COCCc1sc[n+](Cc2cnc(-c3cccs3)nc2N)c1C. The van der Waals surface area contributed by atoms with Crippen molar-refractivity contribution in [1.82, 2.24) is 9.97 Å². The maximum absolute atomic E-state index is 6.14. The Bertz CT molecular complexity index is 783. The fourth-order valence-corrected chi connectivity index (χ4v) is 3.93. The van der Waals surface area contributed by atoms with Gasteiger partial charge in [-0.3, -0.25) is 0 Å². The lowest BCUT2D eigenvalue weighted by atomic mass is 10.2. The molecule has 0 aliphatic rings. The van der Waals surface area contributed by atoms with Crippen LogP contribution in [0.25, 0.3) is 10.7 Å². The van der Waals surface area contributed by atoms with Crippen molar-refractivity contribution in [3.8, 4) is 10.7 Å². The lowest BCUT2D eigenvalue weighted by Crippen LogP contribution is -2.35. The largest absolute Gasteiger partial charge is 0.384 e. The van der Waals surface area contributed by atoms with E-state index in [-0.39, 0.29) is 0 Å². The molecule has 0 radical (unpaired) electrons. The summed E-state index contributed by atoms with van der Waals surface area (Å²) in [5, 5.41) is 2.01. The molecule has 0 unspecified atom stereocenters. The van der Waals surface area contributed by atoms with E-state index in [2.05, 4.69) is 27.0 Å². The predicted molar refractivity (Wildman–Crippen MR) is 93.7 cm³/mol. The Morgan fingerprint density at radius 1 is 1.35 bits per heavy atom. The molecule has 3 rings (SSSR count). The molecule has 0 saturated heterocycles. The number of thiophene rings is 1. The van der Waals surface area contributed by atoms with Gasteiger partial charge in [0.1, 0.15) is 5.82 Å². The lowest BCUT2D eigenvalue weighted by Gasteiger charge is -2.03. The van der Waals surface area contributed by atoms with Crippen molar-refractivity contribution in [3.05, 3.63) is 45.4 Å². The minimum Gasteiger partial charge on any atom is -0.384 e. The van der Waals surface area contributed by atoms with E-state index in [1.807, 2.05) is 23.7 Å². The number of aromatic nitrogens is 3. The molecular formula is C16H19N4OS2+. The number of hydrogen-bond acceptors (Lipinski definition) is 6. The van der Waals surface area contributed by atoms with Gasteiger partial charge in [0.25, 0.3) is 0 Å². The van der Waals surface area contributed by atoms with Crippen LogP contribution >= 0.6 is 22.7 Å². The van der Waals surface area contributed by atoms with Crippen molar-refractivity contribution in [2.75, 3.05) is 19.5 Å². The number of nitrogens with zero attached hydrogens (tertiary/aromatic N) is 3. The van der Waals surface area contributed by atoms with Crippen molar-refractivity contribution in [2.45, 2.75) is 19.9 Å². The van der Waals surface area contributed by atoms with E-state index in [1.165, 1.54) is 10.6 Å². The average molecular weight is 347 g/mol. The van der Waals surface area contributed by atoms with Gasteiger partial charge in [-0.25, -0.2) is 9.97 Å². The molecule has 5 nitrogen and oxygen atoms in total. The Balaban J connectivity index is 1.79. The van der Waals surface area contributed by atoms with Crippen LogP contribution < -0.4 is 10.3 Å². The summed E-state index contributed by atoms with van der Waals surface area (Å²) in [5.74, 6) is 1.23. The zero-order valence-corrected chi connectivity index (χ0v) is 14.8. The first-order valence-corrected chi connectivity index (χ1v) is 9.05. The normalized spacial score (nSPS) is 11.0. The second-order valence-electron chi connectivity index (χ2n) is 5.18. The molecule has 0 aliphatic heterocycles. The van der Waals surface area contributed by atoms with E-state index in [9.17, 15) is 0 Å². The predicted octanol–water partition coefficient (Wildman–Crippen LogP) is 2.68. The molecule has 120 valence electrons. The van der Waals surface area contributed by atoms with Crippen LogP contribution in [0, 0.1) is 6.92 Å². The first-order valence-electron chi connectivity index (χ1n) is 7.29. The van der Waals surface area contributed by atoms with Crippen LogP contribution in [0.4, 0.5) is 5.82 Å². The highest BCUT2D eigenvalue weighted by Crippen LogP contribution is 2.22. The van der Waals surface area contributed by atoms with Crippen molar-refractivity contribution in [1.29, 1.82) is 0 Å². The molecular weight excluding hydrogens is 328 g/mol. The molecule has 0 bridgehead atoms. The van der Waals surface area contributed by atoms with Gasteiger partial charge in [-0.2, -0.15) is 4.57 Å². The number of nitrogens with two attached hydrogens (primary N) is 1. The summed E-state index contributed by atoms with van der Waals surface area (Å²) in [5.41, 5.74) is 10.4. The van der Waals surface area contributed by atoms with E-state index in [4.69, 9.17) is 10.5 Å². The molecule has 7 heteroatoms. The maximum Gasteiger partial charge on any atom is 0.225 e. The van der Waals surface area contributed by atoms with Gasteiger partial charge in [-0.1, -0.05) is 17.4 Å². The van der Waals surface area contributed by atoms with Crippen LogP contribution in [0.2, 0.25) is 0 Å². The quantitative estimate of drug-likeness (QED) is 0.696. The van der Waals surface area contributed by atoms with Gasteiger partial charge in [0.05, 0.1) is 21.9 Å². The summed E-state index contributed by atoms with van der Waals surface area (Å²) in [4.78, 5) is 11.3. The summed E-state index contributed by atoms with van der Waals surface area (Å²) in [6.45, 7) is 3.55. The first kappa shape index (κ1) is 16.0. The number of ether oxygens (including phenoxy) is 1. The third-order valence-corrected chi connectivity index (χ3v) is 5.68. The average Bonchev–Trinajstić information content (AvgIpc) is 3.19. The molecule has 3 aromatic heterocycles. The van der Waals surface area contributed by atoms with Crippen molar-refractivity contribution in [3.63, 3.8) is 0 Å². The number of nitrogen functional groups attached to an aromatic ring is 1. The molecule has 0 saturated carbocycles. The third kappa shape index (κ3) is 3.57. The van der Waals surface area contributed by atoms with Crippen LogP contribution in [-0.4, -0.2) is 23.7 Å². The van der Waals surface area contributed by atoms with Gasteiger partial charge in [0.15, 0.2) is 18.1 Å². The molecule has 0 spiro atoms. The highest BCUT2D eigenvalue weighted by atomic mass is 32.1. The minimum atomic E-state index is 0.542. The van der Waals surface area contributed by atoms with Gasteiger partial charge < -0.3 is 10.5 Å². The Kier molecular flexibility index (Phi) is 5.00. The maximum atomic E-state index is 6.14. The highest BCUT2D eigenvalue weighted by Gasteiger charge is 2.17. The molecule has 3 aromatic rings. The standard InChI is InChI=1S/C16H19N4OS2/c1-11-13(5-6-21-2)23-10-20(11)9-12-8-18-16(19-15(12)17)14-4-3-7-22-14/h3-4,7-8,10H,5-6,9H2,1-2H3,(H2,17,18,19)/q+1. The van der Waals surface area contributed by atoms with Gasteiger partial charge in [0, 0.05) is 26.7 Å². The zero-order chi connectivity index (χ0) is 16.2. The van der Waals surface area contributed by atoms with E-state index in [1.54, 1.807) is 29.8 Å². The summed E-state index contributed by atoms with van der Waals surface area (Å²) < 4.78 is 7.34. The Morgan fingerprint density at radius 2 is 2.22 bits per heavy atom. The molecule has 0 aromatic carbocycles. The molecule has 0 amide bonds. The van der Waals surface area contributed by atoms with Crippen LogP contribution in [0.15, 0.2) is 29.2 Å². The Hall–Kier alpha value is -1.83. The van der Waals surface area contributed by atoms with Crippen LogP contribution in [-0.2, 0) is 17.7 Å². The molecule has 0 atom stereocenters. The van der Waals surface area contributed by atoms with E-state index in [0.29, 0.717) is 18.2 Å². The topological polar surface area (TPSA) is 64.9 Å². The van der Waals surface area contributed by atoms with Crippen LogP contribution in [0.3, 0.4) is 0 Å². The summed E-state index contributed by atoms with van der Waals surface area (Å²) in [6, 6.07) is 3.98. The minimum absolute atomic E-state index is 0.542. The van der Waals surface area contributed by atoms with Crippen molar-refractivity contribution in [2.24, 2.45) is 0 Å². The highest BCUT2D eigenvalue weighted by molar-refractivity contribution is 7.13. The number of thiazole rings is 1. The summed E-state index contributed by atoms with van der Waals surface area (Å²) in [6.07, 6.45) is 2.76. The fourth-order valence-electron chi connectivity index (χ4n) is 2.29. The van der Waals surface area contributed by atoms with E-state index in [0.717, 1.165) is 23.5 Å². The van der Waals surface area contributed by atoms with Gasteiger partial charge >= 0.3 is 0 Å². The summed E-state index contributed by atoms with van der Waals surface area (Å²) >= 11 is 3.36.